The molecule has 7 nitrogen and oxygen atoms in total. The second-order valence-electron chi connectivity index (χ2n) is 7.47. The predicted octanol–water partition coefficient (Wildman–Crippen LogP) is 3.66. The molecule has 4 rings (SSSR count). The molecule has 1 aliphatic rings. The lowest BCUT2D eigenvalue weighted by atomic mass is 9.68. The molecule has 7 heteroatoms. The summed E-state index contributed by atoms with van der Waals surface area (Å²) in [7, 11) is 0. The van der Waals surface area contributed by atoms with Gasteiger partial charge in [-0.1, -0.05) is 26.7 Å². The summed E-state index contributed by atoms with van der Waals surface area (Å²) >= 11 is 0. The number of aromatic amines is 1. The third-order valence-electron chi connectivity index (χ3n) is 6.00. The Balaban J connectivity index is 1.93. The monoisotopic (exact) mass is 355 g/mol. The number of hydrogen-bond acceptors (Lipinski definition) is 3. The molecule has 3 aromatic heterocycles. The highest BCUT2D eigenvalue weighted by molar-refractivity contribution is 5.75. The number of amides is 1. The number of carbonyl (C=O) groups is 1. The zero-order chi connectivity index (χ0) is 18.3. The Morgan fingerprint density at radius 3 is 3.00 bits per heavy atom. The van der Waals surface area contributed by atoms with Crippen molar-refractivity contribution in [3.05, 3.63) is 30.5 Å². The number of hydrogen-bond donors (Lipinski definition) is 2. The number of imidazole rings is 1. The summed E-state index contributed by atoms with van der Waals surface area (Å²) in [5.41, 5.74) is 2.47. The molecule has 2 N–H and O–H groups in total. The van der Waals surface area contributed by atoms with Crippen molar-refractivity contribution < 1.29 is 9.90 Å². The quantitative estimate of drug-likeness (QED) is 0.748. The number of unbranched alkanes of at least 4 members (excludes halogenated alkanes) is 1. The molecule has 4 heterocycles. The number of aromatic nitrogens is 4. The number of rotatable bonds is 4. The number of likely N-dealkylation sites (tertiary alicyclic amines) is 1. The number of nitrogens with zero attached hydrogens (tertiary/aromatic N) is 4. The Morgan fingerprint density at radius 2 is 2.23 bits per heavy atom. The highest BCUT2D eigenvalue weighted by atomic mass is 16.4. The maximum absolute atomic E-state index is 11.7. The topological polar surface area (TPSA) is 86.5 Å². The lowest BCUT2D eigenvalue weighted by Crippen LogP contribution is -2.53. The van der Waals surface area contributed by atoms with E-state index < -0.39 is 6.09 Å². The Kier molecular flexibility index (Phi) is 4.09. The summed E-state index contributed by atoms with van der Waals surface area (Å²) in [6.45, 7) is 5.51. The lowest BCUT2D eigenvalue weighted by molar-refractivity contribution is 0.0728. The van der Waals surface area contributed by atoms with Gasteiger partial charge in [0.15, 0.2) is 5.65 Å². The second-order valence-corrected chi connectivity index (χ2v) is 7.47. The molecule has 0 unspecified atom stereocenters. The van der Waals surface area contributed by atoms with E-state index in [1.54, 1.807) is 4.90 Å². The van der Waals surface area contributed by atoms with Crippen LogP contribution in [-0.2, 0) is 5.41 Å². The Bertz CT molecular complexity index is 946. The van der Waals surface area contributed by atoms with E-state index in [4.69, 9.17) is 4.98 Å². The van der Waals surface area contributed by atoms with Crippen LogP contribution in [0.5, 0.6) is 0 Å². The first-order chi connectivity index (χ1) is 12.6. The molecule has 26 heavy (non-hydrogen) atoms. The standard InChI is InChI=1S/C19H25N5O2/c1-3-4-7-19(12-23(18(25)26)9-6-13(19)2)17-22-11-14-10-21-16-15(24(14)17)5-8-20-16/h5,8,10-11,13,20H,3-4,6-7,9,12H2,1-2H3,(H,25,26)/t13-,19+/m1/s1. The Labute approximate surface area is 152 Å². The fourth-order valence-corrected chi connectivity index (χ4v) is 4.41. The summed E-state index contributed by atoms with van der Waals surface area (Å²) in [5, 5.41) is 9.62. The second kappa shape index (κ2) is 6.30. The molecule has 138 valence electrons. The van der Waals surface area contributed by atoms with Gasteiger partial charge in [0.05, 0.1) is 23.4 Å². The van der Waals surface area contributed by atoms with Gasteiger partial charge in [-0.05, 0) is 24.8 Å². The molecule has 0 aliphatic carbocycles. The van der Waals surface area contributed by atoms with E-state index in [9.17, 15) is 9.90 Å². The van der Waals surface area contributed by atoms with Gasteiger partial charge in [0.2, 0.25) is 0 Å². The molecule has 0 spiro atoms. The van der Waals surface area contributed by atoms with Crippen LogP contribution in [0.15, 0.2) is 24.7 Å². The van der Waals surface area contributed by atoms with Crippen LogP contribution in [0.25, 0.3) is 16.7 Å². The van der Waals surface area contributed by atoms with Crippen molar-refractivity contribution >= 4 is 22.8 Å². The molecule has 1 saturated heterocycles. The zero-order valence-electron chi connectivity index (χ0n) is 15.3. The van der Waals surface area contributed by atoms with Gasteiger partial charge in [-0.3, -0.25) is 4.40 Å². The lowest BCUT2D eigenvalue weighted by Gasteiger charge is -2.45. The molecule has 2 atom stereocenters. The Hall–Kier alpha value is -2.57. The molecule has 0 radical (unpaired) electrons. The van der Waals surface area contributed by atoms with E-state index >= 15 is 0 Å². The van der Waals surface area contributed by atoms with Crippen molar-refractivity contribution in [2.45, 2.75) is 44.9 Å². The molecule has 1 aliphatic heterocycles. The SMILES string of the molecule is CCCC[C@]1(c2ncc3cnc4[nH]ccc4n23)CN(C(=O)O)CC[C@H]1C. The Morgan fingerprint density at radius 1 is 1.42 bits per heavy atom. The largest absolute Gasteiger partial charge is 0.465 e. The average molecular weight is 355 g/mol. The van der Waals surface area contributed by atoms with Gasteiger partial charge in [0.1, 0.15) is 5.82 Å². The normalized spacial score (nSPS) is 23.8. The molecular weight excluding hydrogens is 330 g/mol. The van der Waals surface area contributed by atoms with Crippen LogP contribution in [0.4, 0.5) is 4.79 Å². The minimum absolute atomic E-state index is 0.287. The van der Waals surface area contributed by atoms with Gasteiger partial charge >= 0.3 is 6.09 Å². The minimum atomic E-state index is -0.841. The fraction of sp³-hybridized carbons (Fsp3) is 0.526. The van der Waals surface area contributed by atoms with Crippen LogP contribution in [0, 0.1) is 5.92 Å². The smallest absolute Gasteiger partial charge is 0.407 e. The summed E-state index contributed by atoms with van der Waals surface area (Å²) in [6, 6.07) is 2.01. The number of H-pyrrole nitrogens is 1. The first kappa shape index (κ1) is 16.9. The summed E-state index contributed by atoms with van der Waals surface area (Å²) in [5.74, 6) is 1.32. The van der Waals surface area contributed by atoms with Gasteiger partial charge < -0.3 is 15.0 Å². The number of fused-ring (bicyclic) bond motifs is 3. The zero-order valence-corrected chi connectivity index (χ0v) is 15.3. The van der Waals surface area contributed by atoms with Crippen molar-refractivity contribution in [3.8, 4) is 0 Å². The third-order valence-corrected chi connectivity index (χ3v) is 6.00. The summed E-state index contributed by atoms with van der Waals surface area (Å²) in [4.78, 5) is 25.7. The van der Waals surface area contributed by atoms with Crippen LogP contribution in [0.1, 0.15) is 45.4 Å². The van der Waals surface area contributed by atoms with E-state index in [1.807, 2.05) is 24.7 Å². The number of nitrogens with one attached hydrogen (secondary N) is 1. The molecular formula is C19H25N5O2. The van der Waals surface area contributed by atoms with Crippen LogP contribution in [0.3, 0.4) is 0 Å². The van der Waals surface area contributed by atoms with Crippen molar-refractivity contribution in [3.63, 3.8) is 0 Å². The molecule has 1 amide bonds. The molecule has 0 saturated carbocycles. The van der Waals surface area contributed by atoms with Gasteiger partial charge in [-0.2, -0.15) is 0 Å². The van der Waals surface area contributed by atoms with Crippen molar-refractivity contribution in [2.24, 2.45) is 5.92 Å². The molecule has 1 fully saturated rings. The molecule has 0 bridgehead atoms. The summed E-state index contributed by atoms with van der Waals surface area (Å²) < 4.78 is 2.16. The maximum Gasteiger partial charge on any atom is 0.407 e. The first-order valence-corrected chi connectivity index (χ1v) is 9.34. The minimum Gasteiger partial charge on any atom is -0.465 e. The van der Waals surface area contributed by atoms with Crippen molar-refractivity contribution in [2.75, 3.05) is 13.1 Å². The van der Waals surface area contributed by atoms with Gasteiger partial charge in [0.25, 0.3) is 0 Å². The van der Waals surface area contributed by atoms with E-state index in [1.165, 1.54) is 0 Å². The first-order valence-electron chi connectivity index (χ1n) is 9.34. The highest BCUT2D eigenvalue weighted by Crippen LogP contribution is 2.43. The number of piperidine rings is 1. The van der Waals surface area contributed by atoms with E-state index in [2.05, 4.69) is 28.2 Å². The van der Waals surface area contributed by atoms with Gasteiger partial charge in [-0.15, -0.1) is 0 Å². The van der Waals surface area contributed by atoms with Gasteiger partial charge in [-0.25, -0.2) is 14.8 Å². The molecule has 3 aromatic rings. The van der Waals surface area contributed by atoms with E-state index in [0.29, 0.717) is 19.0 Å². The predicted molar refractivity (Wildman–Crippen MR) is 99.4 cm³/mol. The van der Waals surface area contributed by atoms with Crippen molar-refractivity contribution in [1.82, 2.24) is 24.3 Å². The van der Waals surface area contributed by atoms with Gasteiger partial charge in [0, 0.05) is 24.7 Å². The summed E-state index contributed by atoms with van der Waals surface area (Å²) in [6.07, 6.45) is 8.63. The average Bonchev–Trinajstić information content (AvgIpc) is 3.27. The van der Waals surface area contributed by atoms with Crippen LogP contribution < -0.4 is 0 Å². The van der Waals surface area contributed by atoms with Crippen LogP contribution >= 0.6 is 0 Å². The number of carboxylic acid groups (broad SMARTS) is 1. The van der Waals surface area contributed by atoms with E-state index in [0.717, 1.165) is 48.2 Å². The van der Waals surface area contributed by atoms with Crippen molar-refractivity contribution in [1.29, 1.82) is 0 Å². The van der Waals surface area contributed by atoms with E-state index in [-0.39, 0.29) is 5.41 Å². The molecule has 0 aromatic carbocycles. The van der Waals surface area contributed by atoms with Crippen LogP contribution in [0.2, 0.25) is 0 Å². The maximum atomic E-state index is 11.7. The highest BCUT2D eigenvalue weighted by Gasteiger charge is 2.46. The van der Waals surface area contributed by atoms with Crippen LogP contribution in [-0.4, -0.2) is 48.5 Å². The third kappa shape index (κ3) is 2.45. The fourth-order valence-electron chi connectivity index (χ4n) is 4.41.